The van der Waals surface area contributed by atoms with E-state index in [2.05, 4.69) is 10.6 Å². The number of nitrogens with one attached hydrogen (secondary N) is 2. The highest BCUT2D eigenvalue weighted by Crippen LogP contribution is 2.04. The summed E-state index contributed by atoms with van der Waals surface area (Å²) in [6.07, 6.45) is 0. The van der Waals surface area contributed by atoms with E-state index in [9.17, 15) is 18.8 Å². The van der Waals surface area contributed by atoms with Crippen LogP contribution in [0.3, 0.4) is 0 Å². The fraction of sp³-hybridized carbons (Fsp3) is 0.167. The number of hydrogen-bond donors (Lipinski definition) is 2. The lowest BCUT2D eigenvalue weighted by Gasteiger charge is -2.08. The molecular weight excluding hydrogens is 327 g/mol. The van der Waals surface area contributed by atoms with Crippen LogP contribution in [0.15, 0.2) is 54.6 Å². The number of halogens is 1. The van der Waals surface area contributed by atoms with Crippen molar-refractivity contribution in [1.29, 1.82) is 0 Å². The summed E-state index contributed by atoms with van der Waals surface area (Å²) in [5.41, 5.74) is 0.944. The van der Waals surface area contributed by atoms with E-state index in [0.717, 1.165) is 0 Å². The summed E-state index contributed by atoms with van der Waals surface area (Å²) in [7, 11) is 0. The van der Waals surface area contributed by atoms with Gasteiger partial charge in [-0.25, -0.2) is 4.39 Å². The molecule has 0 fully saturated rings. The lowest BCUT2D eigenvalue weighted by Crippen LogP contribution is -2.39. The van der Waals surface area contributed by atoms with Crippen LogP contribution in [0.4, 0.5) is 4.39 Å². The molecule has 0 radical (unpaired) electrons. The largest absolute Gasteiger partial charge is 0.460 e. The highest BCUT2D eigenvalue weighted by molar-refractivity contribution is 5.96. The van der Waals surface area contributed by atoms with Gasteiger partial charge in [0, 0.05) is 5.56 Å². The molecule has 0 spiro atoms. The fourth-order valence-electron chi connectivity index (χ4n) is 1.93. The summed E-state index contributed by atoms with van der Waals surface area (Å²) in [6.45, 7) is -0.683. The molecule has 2 rings (SSSR count). The number of carbonyl (C=O) groups excluding carboxylic acids is 3. The number of amides is 2. The highest BCUT2D eigenvalue weighted by Gasteiger charge is 2.10. The van der Waals surface area contributed by atoms with Crippen molar-refractivity contribution in [2.45, 2.75) is 6.61 Å². The molecular formula is C18H17FN2O4. The lowest BCUT2D eigenvalue weighted by molar-refractivity contribution is -0.145. The summed E-state index contributed by atoms with van der Waals surface area (Å²) < 4.78 is 17.9. The van der Waals surface area contributed by atoms with Crippen molar-refractivity contribution >= 4 is 17.8 Å². The minimum atomic E-state index is -0.660. The van der Waals surface area contributed by atoms with E-state index in [0.29, 0.717) is 11.1 Å². The van der Waals surface area contributed by atoms with Crippen LogP contribution in [0.25, 0.3) is 0 Å². The zero-order valence-corrected chi connectivity index (χ0v) is 13.3. The van der Waals surface area contributed by atoms with Crippen molar-refractivity contribution in [2.24, 2.45) is 0 Å². The van der Waals surface area contributed by atoms with Gasteiger partial charge in [-0.1, -0.05) is 30.3 Å². The SMILES string of the molecule is O=C(CNC(=O)c1ccccc1)NCC(=O)OCc1cccc(F)c1. The molecule has 25 heavy (non-hydrogen) atoms. The van der Waals surface area contributed by atoms with Gasteiger partial charge >= 0.3 is 5.97 Å². The van der Waals surface area contributed by atoms with Crippen molar-refractivity contribution in [3.63, 3.8) is 0 Å². The first-order chi connectivity index (χ1) is 12.0. The van der Waals surface area contributed by atoms with E-state index >= 15 is 0 Å². The summed E-state index contributed by atoms with van der Waals surface area (Å²) in [6, 6.07) is 14.1. The van der Waals surface area contributed by atoms with Crippen LogP contribution in [-0.4, -0.2) is 30.9 Å². The third kappa shape index (κ3) is 6.42. The number of ether oxygens (including phenoxy) is 1. The molecule has 0 aliphatic carbocycles. The quantitative estimate of drug-likeness (QED) is 0.744. The van der Waals surface area contributed by atoms with Crippen molar-refractivity contribution in [1.82, 2.24) is 10.6 Å². The number of carbonyl (C=O) groups is 3. The first kappa shape index (κ1) is 18.1. The molecule has 0 atom stereocenters. The van der Waals surface area contributed by atoms with Crippen molar-refractivity contribution in [3.05, 3.63) is 71.5 Å². The average molecular weight is 344 g/mol. The molecule has 6 nitrogen and oxygen atoms in total. The summed E-state index contributed by atoms with van der Waals surface area (Å²) in [5.74, 6) is -1.99. The van der Waals surface area contributed by atoms with Gasteiger partial charge in [-0.3, -0.25) is 14.4 Å². The van der Waals surface area contributed by atoms with Crippen molar-refractivity contribution in [3.8, 4) is 0 Å². The molecule has 0 heterocycles. The molecule has 0 saturated heterocycles. The van der Waals surface area contributed by atoms with Crippen molar-refractivity contribution < 1.29 is 23.5 Å². The lowest BCUT2D eigenvalue weighted by atomic mass is 10.2. The predicted octanol–water partition coefficient (Wildman–Crippen LogP) is 1.42. The third-order valence-electron chi connectivity index (χ3n) is 3.16. The standard InChI is InChI=1S/C18H17FN2O4/c19-15-8-4-5-13(9-15)12-25-17(23)11-20-16(22)10-21-18(24)14-6-2-1-3-7-14/h1-9H,10-12H2,(H,20,22)(H,21,24). The average Bonchev–Trinajstić information content (AvgIpc) is 2.63. The second-order valence-corrected chi connectivity index (χ2v) is 5.12. The number of benzene rings is 2. The second-order valence-electron chi connectivity index (χ2n) is 5.12. The molecule has 0 aliphatic rings. The van der Waals surface area contributed by atoms with Crippen LogP contribution in [0, 0.1) is 5.82 Å². The molecule has 0 unspecified atom stereocenters. The minimum absolute atomic E-state index is 0.0861. The molecule has 0 aromatic heterocycles. The van der Waals surface area contributed by atoms with Gasteiger partial charge in [-0.2, -0.15) is 0 Å². The van der Waals surface area contributed by atoms with E-state index in [1.54, 1.807) is 36.4 Å². The molecule has 2 amide bonds. The number of rotatable bonds is 7. The van der Waals surface area contributed by atoms with Gasteiger partial charge in [0.05, 0.1) is 6.54 Å². The Balaban J connectivity index is 1.65. The topological polar surface area (TPSA) is 84.5 Å². The van der Waals surface area contributed by atoms with Gasteiger partial charge in [-0.15, -0.1) is 0 Å². The zero-order valence-electron chi connectivity index (χ0n) is 13.3. The maximum absolute atomic E-state index is 13.0. The van der Waals surface area contributed by atoms with Gasteiger partial charge < -0.3 is 15.4 Å². The second kappa shape index (κ2) is 9.17. The van der Waals surface area contributed by atoms with Crippen LogP contribution in [0.2, 0.25) is 0 Å². The number of hydrogen-bond acceptors (Lipinski definition) is 4. The van der Waals surface area contributed by atoms with E-state index in [1.807, 2.05) is 0 Å². The van der Waals surface area contributed by atoms with Gasteiger partial charge in [0.2, 0.25) is 5.91 Å². The Kier molecular flexibility index (Phi) is 6.65. The van der Waals surface area contributed by atoms with Crippen LogP contribution >= 0.6 is 0 Å². The van der Waals surface area contributed by atoms with Gasteiger partial charge in [0.25, 0.3) is 5.91 Å². The Hall–Kier alpha value is -3.22. The van der Waals surface area contributed by atoms with E-state index in [1.165, 1.54) is 18.2 Å². The summed E-state index contributed by atoms with van der Waals surface area (Å²) >= 11 is 0. The Morgan fingerprint density at radius 1 is 0.920 bits per heavy atom. The molecule has 130 valence electrons. The molecule has 2 N–H and O–H groups in total. The van der Waals surface area contributed by atoms with Crippen LogP contribution in [-0.2, 0) is 20.9 Å². The Labute approximate surface area is 144 Å². The Morgan fingerprint density at radius 2 is 1.68 bits per heavy atom. The van der Waals surface area contributed by atoms with E-state index in [4.69, 9.17) is 4.74 Å². The number of esters is 1. The third-order valence-corrected chi connectivity index (χ3v) is 3.16. The Morgan fingerprint density at radius 3 is 2.40 bits per heavy atom. The Bertz CT molecular complexity index is 750. The molecule has 0 aliphatic heterocycles. The van der Waals surface area contributed by atoms with E-state index in [-0.39, 0.29) is 25.6 Å². The normalized spacial score (nSPS) is 9.96. The monoisotopic (exact) mass is 344 g/mol. The fourth-order valence-corrected chi connectivity index (χ4v) is 1.93. The van der Waals surface area contributed by atoms with Gasteiger partial charge in [0.1, 0.15) is 19.0 Å². The maximum Gasteiger partial charge on any atom is 0.325 e. The summed E-state index contributed by atoms with van der Waals surface area (Å²) in [5, 5.41) is 4.78. The summed E-state index contributed by atoms with van der Waals surface area (Å²) in [4.78, 5) is 34.9. The van der Waals surface area contributed by atoms with Crippen LogP contribution in [0.1, 0.15) is 15.9 Å². The molecule has 2 aromatic carbocycles. The van der Waals surface area contributed by atoms with Crippen LogP contribution < -0.4 is 10.6 Å². The highest BCUT2D eigenvalue weighted by atomic mass is 19.1. The first-order valence-corrected chi connectivity index (χ1v) is 7.54. The van der Waals surface area contributed by atoms with Crippen LogP contribution in [0.5, 0.6) is 0 Å². The zero-order chi connectivity index (χ0) is 18.1. The molecule has 2 aromatic rings. The smallest absolute Gasteiger partial charge is 0.325 e. The van der Waals surface area contributed by atoms with E-state index < -0.39 is 17.7 Å². The first-order valence-electron chi connectivity index (χ1n) is 7.54. The van der Waals surface area contributed by atoms with Gasteiger partial charge in [-0.05, 0) is 29.8 Å². The van der Waals surface area contributed by atoms with Crippen molar-refractivity contribution in [2.75, 3.05) is 13.1 Å². The minimum Gasteiger partial charge on any atom is -0.460 e. The van der Waals surface area contributed by atoms with Gasteiger partial charge in [0.15, 0.2) is 0 Å². The predicted molar refractivity (Wildman–Crippen MR) is 88.0 cm³/mol. The molecule has 7 heteroatoms. The molecule has 0 saturated carbocycles. The maximum atomic E-state index is 13.0. The molecule has 0 bridgehead atoms.